The summed E-state index contributed by atoms with van der Waals surface area (Å²) in [4.78, 5) is 4.55. The third-order valence-corrected chi connectivity index (χ3v) is 8.74. The number of para-hydroxylation sites is 1. The molecular formula is C41H25NO. The molecule has 0 atom stereocenters. The van der Waals surface area contributed by atoms with Crippen LogP contribution in [0.15, 0.2) is 156 Å². The summed E-state index contributed by atoms with van der Waals surface area (Å²) in [5, 5.41) is 1.04. The Kier molecular flexibility index (Phi) is 5.23. The highest BCUT2D eigenvalue weighted by atomic mass is 16.3. The third-order valence-electron chi connectivity index (χ3n) is 8.74. The van der Waals surface area contributed by atoms with Gasteiger partial charge in [0.25, 0.3) is 0 Å². The van der Waals surface area contributed by atoms with E-state index in [1.807, 2.05) is 18.3 Å². The van der Waals surface area contributed by atoms with Crippen molar-refractivity contribution in [2.24, 2.45) is 0 Å². The first-order valence-electron chi connectivity index (χ1n) is 14.6. The Morgan fingerprint density at radius 2 is 0.884 bits per heavy atom. The Morgan fingerprint density at radius 3 is 1.51 bits per heavy atom. The van der Waals surface area contributed by atoms with Crippen LogP contribution in [0, 0.1) is 0 Å². The molecule has 0 radical (unpaired) electrons. The molecule has 0 saturated carbocycles. The van der Waals surface area contributed by atoms with Crippen LogP contribution in [0.5, 0.6) is 0 Å². The van der Waals surface area contributed by atoms with Crippen molar-refractivity contribution >= 4 is 22.1 Å². The second-order valence-electron chi connectivity index (χ2n) is 11.1. The fourth-order valence-electron chi connectivity index (χ4n) is 6.73. The number of fused-ring (bicyclic) bond motifs is 11. The molecule has 0 fully saturated rings. The molecule has 8 aromatic rings. The van der Waals surface area contributed by atoms with E-state index in [1.54, 1.807) is 0 Å². The van der Waals surface area contributed by atoms with Crippen molar-refractivity contribution in [3.63, 3.8) is 0 Å². The van der Waals surface area contributed by atoms with E-state index in [9.17, 15) is 0 Å². The molecule has 0 spiro atoms. The fraction of sp³-hybridized carbons (Fsp3) is 0. The molecular weight excluding hydrogens is 522 g/mol. The zero-order valence-corrected chi connectivity index (χ0v) is 23.3. The highest BCUT2D eigenvalue weighted by molar-refractivity contribution is 6.08. The van der Waals surface area contributed by atoms with Crippen molar-refractivity contribution in [3.8, 4) is 66.8 Å². The summed E-state index contributed by atoms with van der Waals surface area (Å²) in [5.74, 6) is 0. The highest BCUT2D eigenvalue weighted by Gasteiger charge is 2.22. The quantitative estimate of drug-likeness (QED) is 0.215. The molecule has 2 aromatic heterocycles. The lowest BCUT2D eigenvalue weighted by Gasteiger charge is -2.23. The van der Waals surface area contributed by atoms with Gasteiger partial charge in [0.15, 0.2) is 5.58 Å². The molecule has 0 N–H and O–H groups in total. The zero-order chi connectivity index (χ0) is 28.3. The van der Waals surface area contributed by atoms with Crippen molar-refractivity contribution in [2.45, 2.75) is 0 Å². The normalized spacial score (nSPS) is 11.7. The van der Waals surface area contributed by atoms with Crippen LogP contribution in [-0.2, 0) is 0 Å². The van der Waals surface area contributed by atoms with Crippen LogP contribution < -0.4 is 0 Å². The summed E-state index contributed by atoms with van der Waals surface area (Å²) < 4.78 is 6.26. The number of benzene rings is 6. The lowest BCUT2D eigenvalue weighted by molar-refractivity contribution is 0.669. The lowest BCUT2D eigenvalue weighted by Crippen LogP contribution is -1.97. The van der Waals surface area contributed by atoms with Crippen molar-refractivity contribution in [1.29, 1.82) is 0 Å². The smallest absolute Gasteiger partial charge is 0.153 e. The minimum Gasteiger partial charge on any atom is -0.454 e. The lowest BCUT2D eigenvalue weighted by atomic mass is 9.80. The summed E-state index contributed by atoms with van der Waals surface area (Å²) in [6.45, 7) is 0. The van der Waals surface area contributed by atoms with Gasteiger partial charge in [-0.05, 0) is 85.5 Å². The average molecular weight is 548 g/mol. The summed E-state index contributed by atoms with van der Waals surface area (Å²) in [5.41, 5.74) is 17.2. The molecule has 2 heterocycles. The maximum atomic E-state index is 6.26. The summed E-state index contributed by atoms with van der Waals surface area (Å²) in [6.07, 6.45) is 1.82. The summed E-state index contributed by atoms with van der Waals surface area (Å²) in [6, 6.07) is 52.3. The second-order valence-corrected chi connectivity index (χ2v) is 11.1. The molecule has 0 aliphatic heterocycles. The maximum absolute atomic E-state index is 6.26. The first-order valence-corrected chi connectivity index (χ1v) is 14.6. The number of pyridine rings is 1. The molecule has 1 aliphatic rings. The zero-order valence-electron chi connectivity index (χ0n) is 23.3. The summed E-state index contributed by atoms with van der Waals surface area (Å²) in [7, 11) is 0. The van der Waals surface area contributed by atoms with Gasteiger partial charge in [0, 0.05) is 17.1 Å². The molecule has 6 aromatic carbocycles. The second kappa shape index (κ2) is 9.40. The minimum atomic E-state index is 0.812. The van der Waals surface area contributed by atoms with E-state index in [0.717, 1.165) is 33.2 Å². The van der Waals surface area contributed by atoms with Gasteiger partial charge in [0.2, 0.25) is 0 Å². The van der Waals surface area contributed by atoms with Gasteiger partial charge in [0.1, 0.15) is 11.1 Å². The SMILES string of the molecule is c1ccc2c(c1)-c1ccccc1-c1ccc(-c3ccc(-c4cccc5c4oc4cccnc45)cc3)cc1-c1ccccc1-2. The van der Waals surface area contributed by atoms with Gasteiger partial charge in [-0.25, -0.2) is 0 Å². The first-order chi connectivity index (χ1) is 21.3. The Morgan fingerprint density at radius 1 is 0.372 bits per heavy atom. The van der Waals surface area contributed by atoms with Crippen LogP contribution >= 0.6 is 0 Å². The number of hydrogen-bond acceptors (Lipinski definition) is 2. The van der Waals surface area contributed by atoms with E-state index in [1.165, 1.54) is 55.6 Å². The van der Waals surface area contributed by atoms with Crippen LogP contribution in [0.2, 0.25) is 0 Å². The van der Waals surface area contributed by atoms with E-state index in [0.29, 0.717) is 0 Å². The van der Waals surface area contributed by atoms with Gasteiger partial charge in [-0.2, -0.15) is 0 Å². The highest BCUT2D eigenvalue weighted by Crippen LogP contribution is 2.48. The standard InChI is InChI=1S/C41H25NO/c1-2-10-31-30(9-1)32-11-3-4-13-34(32)36-23-22-28(25-38(36)35-14-6-5-12-33(31)35)26-18-20-27(21-19-26)29-15-7-16-37-40-39(43-41(29)37)17-8-24-42-40/h1-25H. The molecule has 0 saturated heterocycles. The fourth-order valence-corrected chi connectivity index (χ4v) is 6.73. The Bertz CT molecular complexity index is 2340. The van der Waals surface area contributed by atoms with E-state index >= 15 is 0 Å². The van der Waals surface area contributed by atoms with Gasteiger partial charge in [-0.15, -0.1) is 0 Å². The van der Waals surface area contributed by atoms with Crippen LogP contribution in [0.4, 0.5) is 0 Å². The van der Waals surface area contributed by atoms with Crippen LogP contribution in [0.25, 0.3) is 88.8 Å². The minimum absolute atomic E-state index is 0.812. The van der Waals surface area contributed by atoms with Gasteiger partial charge >= 0.3 is 0 Å². The number of aromatic nitrogens is 1. The van der Waals surface area contributed by atoms with E-state index in [4.69, 9.17) is 4.42 Å². The number of furan rings is 1. The summed E-state index contributed by atoms with van der Waals surface area (Å²) >= 11 is 0. The predicted molar refractivity (Wildman–Crippen MR) is 178 cm³/mol. The van der Waals surface area contributed by atoms with E-state index in [2.05, 4.69) is 138 Å². The molecule has 43 heavy (non-hydrogen) atoms. The molecule has 0 amide bonds. The van der Waals surface area contributed by atoms with Gasteiger partial charge in [-0.1, -0.05) is 121 Å². The number of nitrogens with zero attached hydrogens (tertiary/aromatic N) is 1. The number of hydrogen-bond donors (Lipinski definition) is 0. The maximum Gasteiger partial charge on any atom is 0.153 e. The molecule has 9 rings (SSSR count). The molecule has 2 nitrogen and oxygen atoms in total. The molecule has 0 unspecified atom stereocenters. The van der Waals surface area contributed by atoms with E-state index in [-0.39, 0.29) is 0 Å². The topological polar surface area (TPSA) is 26.0 Å². The first kappa shape index (κ1) is 23.9. The molecule has 200 valence electrons. The predicted octanol–water partition coefficient (Wildman–Crippen LogP) is 11.3. The van der Waals surface area contributed by atoms with Crippen LogP contribution in [0.3, 0.4) is 0 Å². The van der Waals surface area contributed by atoms with Crippen molar-refractivity contribution in [1.82, 2.24) is 4.98 Å². The van der Waals surface area contributed by atoms with Gasteiger partial charge in [-0.3, -0.25) is 4.98 Å². The molecule has 1 aliphatic carbocycles. The van der Waals surface area contributed by atoms with Crippen molar-refractivity contribution < 1.29 is 4.42 Å². The van der Waals surface area contributed by atoms with Crippen molar-refractivity contribution in [3.05, 3.63) is 152 Å². The Hall–Kier alpha value is -5.73. The monoisotopic (exact) mass is 547 g/mol. The number of rotatable bonds is 2. The van der Waals surface area contributed by atoms with Gasteiger partial charge < -0.3 is 4.42 Å². The Balaban J connectivity index is 1.19. The van der Waals surface area contributed by atoms with Crippen LogP contribution in [-0.4, -0.2) is 4.98 Å². The van der Waals surface area contributed by atoms with Crippen LogP contribution in [0.1, 0.15) is 0 Å². The third kappa shape index (κ3) is 3.70. The largest absolute Gasteiger partial charge is 0.454 e. The van der Waals surface area contributed by atoms with E-state index < -0.39 is 0 Å². The Labute approximate surface area is 249 Å². The molecule has 0 bridgehead atoms. The molecule has 2 heteroatoms. The van der Waals surface area contributed by atoms with Crippen molar-refractivity contribution in [2.75, 3.05) is 0 Å². The van der Waals surface area contributed by atoms with Gasteiger partial charge in [0.05, 0.1) is 0 Å². The average Bonchev–Trinajstić information content (AvgIpc) is 3.47.